The molecule has 0 radical (unpaired) electrons. The molecule has 0 aromatic rings. The van der Waals surface area contributed by atoms with Crippen LogP contribution in [0, 0.1) is 23.7 Å². The molecule has 0 bridgehead atoms. The monoisotopic (exact) mass is 254 g/mol. The molecule has 2 nitrogen and oxygen atoms in total. The molecule has 2 heteroatoms. The van der Waals surface area contributed by atoms with Crippen molar-refractivity contribution in [2.45, 2.75) is 67.2 Å². The van der Waals surface area contributed by atoms with Crippen LogP contribution in [0.3, 0.4) is 0 Å². The van der Waals surface area contributed by atoms with Gasteiger partial charge in [0.05, 0.1) is 0 Å². The highest BCUT2D eigenvalue weighted by atomic mass is 16.1. The van der Waals surface area contributed by atoms with Crippen LogP contribution < -0.4 is 0 Å². The van der Waals surface area contributed by atoms with Gasteiger partial charge in [0.2, 0.25) is 0 Å². The van der Waals surface area contributed by atoms with E-state index in [1.165, 1.54) is 0 Å². The summed E-state index contributed by atoms with van der Waals surface area (Å²) in [5.41, 5.74) is 0. The second-order valence-corrected chi connectivity index (χ2v) is 5.90. The highest BCUT2D eigenvalue weighted by Gasteiger charge is 2.24. The molecule has 0 N–H and O–H groups in total. The van der Waals surface area contributed by atoms with Gasteiger partial charge in [0.25, 0.3) is 0 Å². The smallest absolute Gasteiger partial charge is 0.138 e. The molecule has 0 aliphatic rings. The van der Waals surface area contributed by atoms with Crippen LogP contribution in [-0.4, -0.2) is 11.6 Å². The highest BCUT2D eigenvalue weighted by molar-refractivity contribution is 5.84. The van der Waals surface area contributed by atoms with Crippen molar-refractivity contribution in [3.05, 3.63) is 0 Å². The first-order chi connectivity index (χ1) is 8.34. The van der Waals surface area contributed by atoms with E-state index in [-0.39, 0.29) is 23.7 Å². The fourth-order valence-electron chi connectivity index (χ4n) is 2.44. The Labute approximate surface area is 113 Å². The SMILES string of the molecule is CCC(CCC(CC)C(=O)C(C)C)C(=O)C(C)C. The van der Waals surface area contributed by atoms with Gasteiger partial charge in [-0.2, -0.15) is 0 Å². The fraction of sp³-hybridized carbons (Fsp3) is 0.875. The molecular formula is C16H30O2. The Kier molecular flexibility index (Phi) is 8.13. The van der Waals surface area contributed by atoms with Crippen LogP contribution in [-0.2, 0) is 9.59 Å². The minimum Gasteiger partial charge on any atom is -0.299 e. The molecule has 0 saturated carbocycles. The van der Waals surface area contributed by atoms with E-state index in [0.29, 0.717) is 11.6 Å². The van der Waals surface area contributed by atoms with E-state index in [0.717, 1.165) is 25.7 Å². The Balaban J connectivity index is 4.42. The van der Waals surface area contributed by atoms with Crippen molar-refractivity contribution in [3.8, 4) is 0 Å². The fourth-order valence-corrected chi connectivity index (χ4v) is 2.44. The van der Waals surface area contributed by atoms with Gasteiger partial charge in [0.15, 0.2) is 0 Å². The predicted octanol–water partition coefficient (Wildman–Crippen LogP) is 4.27. The number of hydrogen-bond donors (Lipinski definition) is 0. The third-order valence-electron chi connectivity index (χ3n) is 3.79. The number of hydrogen-bond acceptors (Lipinski definition) is 2. The average Bonchev–Trinajstić information content (AvgIpc) is 2.33. The van der Waals surface area contributed by atoms with Crippen LogP contribution in [0.5, 0.6) is 0 Å². The number of Topliss-reactive ketones (excluding diaryl/α,β-unsaturated/α-hetero) is 2. The van der Waals surface area contributed by atoms with E-state index in [9.17, 15) is 9.59 Å². The lowest BCUT2D eigenvalue weighted by atomic mass is 9.83. The first-order valence-electron chi connectivity index (χ1n) is 7.42. The minimum absolute atomic E-state index is 0.107. The third-order valence-corrected chi connectivity index (χ3v) is 3.79. The summed E-state index contributed by atoms with van der Waals surface area (Å²) >= 11 is 0. The Morgan fingerprint density at radius 1 is 0.722 bits per heavy atom. The second kappa shape index (κ2) is 8.44. The molecule has 18 heavy (non-hydrogen) atoms. The summed E-state index contributed by atoms with van der Waals surface area (Å²) in [5.74, 6) is 1.19. The standard InChI is InChI=1S/C16H30O2/c1-7-13(15(17)11(3)4)9-10-14(8-2)16(18)12(5)6/h11-14H,7-10H2,1-6H3. The molecule has 2 unspecified atom stereocenters. The normalized spacial score (nSPS) is 14.9. The van der Waals surface area contributed by atoms with Gasteiger partial charge in [0.1, 0.15) is 11.6 Å². The summed E-state index contributed by atoms with van der Waals surface area (Å²) < 4.78 is 0. The lowest BCUT2D eigenvalue weighted by molar-refractivity contribution is -0.128. The second-order valence-electron chi connectivity index (χ2n) is 5.90. The molecular weight excluding hydrogens is 224 g/mol. The number of rotatable bonds is 9. The van der Waals surface area contributed by atoms with E-state index in [1.807, 2.05) is 27.7 Å². The van der Waals surface area contributed by atoms with E-state index in [1.54, 1.807) is 0 Å². The zero-order chi connectivity index (χ0) is 14.3. The largest absolute Gasteiger partial charge is 0.299 e. The van der Waals surface area contributed by atoms with E-state index in [2.05, 4.69) is 13.8 Å². The zero-order valence-corrected chi connectivity index (χ0v) is 13.0. The molecule has 0 aliphatic heterocycles. The summed E-state index contributed by atoms with van der Waals surface area (Å²) in [5, 5.41) is 0. The van der Waals surface area contributed by atoms with E-state index in [4.69, 9.17) is 0 Å². The van der Waals surface area contributed by atoms with Crippen molar-refractivity contribution >= 4 is 11.6 Å². The quantitative estimate of drug-likeness (QED) is 0.616. The van der Waals surface area contributed by atoms with E-state index < -0.39 is 0 Å². The van der Waals surface area contributed by atoms with Gasteiger partial charge >= 0.3 is 0 Å². The van der Waals surface area contributed by atoms with Crippen LogP contribution in [0.4, 0.5) is 0 Å². The maximum absolute atomic E-state index is 12.0. The van der Waals surface area contributed by atoms with Crippen molar-refractivity contribution in [2.24, 2.45) is 23.7 Å². The maximum atomic E-state index is 12.0. The molecule has 0 spiro atoms. The third kappa shape index (κ3) is 5.32. The Morgan fingerprint density at radius 3 is 1.17 bits per heavy atom. The van der Waals surface area contributed by atoms with Crippen molar-refractivity contribution < 1.29 is 9.59 Å². The first-order valence-corrected chi connectivity index (χ1v) is 7.42. The minimum atomic E-state index is 0.107. The van der Waals surface area contributed by atoms with Gasteiger partial charge in [0, 0.05) is 23.7 Å². The lowest BCUT2D eigenvalue weighted by Gasteiger charge is -2.20. The molecule has 0 aromatic carbocycles. The molecule has 0 aliphatic carbocycles. The number of carbonyl (C=O) groups excluding carboxylic acids is 2. The Bertz CT molecular complexity index is 238. The van der Waals surface area contributed by atoms with Crippen molar-refractivity contribution in [2.75, 3.05) is 0 Å². The molecule has 0 heterocycles. The first kappa shape index (κ1) is 17.3. The van der Waals surface area contributed by atoms with Crippen LogP contribution in [0.1, 0.15) is 67.2 Å². The topological polar surface area (TPSA) is 34.1 Å². The molecule has 106 valence electrons. The summed E-state index contributed by atoms with van der Waals surface area (Å²) in [7, 11) is 0. The van der Waals surface area contributed by atoms with Gasteiger partial charge in [-0.15, -0.1) is 0 Å². The molecule has 0 fully saturated rings. The number of carbonyl (C=O) groups is 2. The average molecular weight is 254 g/mol. The van der Waals surface area contributed by atoms with Crippen LogP contribution in [0.25, 0.3) is 0 Å². The molecule has 0 aromatic heterocycles. The lowest BCUT2D eigenvalue weighted by Crippen LogP contribution is -2.23. The van der Waals surface area contributed by atoms with Crippen molar-refractivity contribution in [1.29, 1.82) is 0 Å². The van der Waals surface area contributed by atoms with Gasteiger partial charge in [-0.25, -0.2) is 0 Å². The number of ketones is 2. The van der Waals surface area contributed by atoms with Gasteiger partial charge in [-0.1, -0.05) is 41.5 Å². The summed E-state index contributed by atoms with van der Waals surface area (Å²) in [6.07, 6.45) is 3.52. The van der Waals surface area contributed by atoms with Crippen LogP contribution in [0.2, 0.25) is 0 Å². The highest BCUT2D eigenvalue weighted by Crippen LogP contribution is 2.23. The maximum Gasteiger partial charge on any atom is 0.138 e. The van der Waals surface area contributed by atoms with Crippen molar-refractivity contribution in [3.63, 3.8) is 0 Å². The zero-order valence-electron chi connectivity index (χ0n) is 13.0. The van der Waals surface area contributed by atoms with Crippen molar-refractivity contribution in [1.82, 2.24) is 0 Å². The summed E-state index contributed by atoms with van der Waals surface area (Å²) in [4.78, 5) is 24.0. The van der Waals surface area contributed by atoms with Crippen LogP contribution >= 0.6 is 0 Å². The van der Waals surface area contributed by atoms with E-state index >= 15 is 0 Å². The van der Waals surface area contributed by atoms with Gasteiger partial charge < -0.3 is 0 Å². The molecule has 0 rings (SSSR count). The van der Waals surface area contributed by atoms with Gasteiger partial charge in [-0.3, -0.25) is 9.59 Å². The van der Waals surface area contributed by atoms with Gasteiger partial charge in [-0.05, 0) is 25.7 Å². The molecule has 2 atom stereocenters. The predicted molar refractivity (Wildman–Crippen MR) is 76.5 cm³/mol. The Morgan fingerprint density at radius 2 is 1.00 bits per heavy atom. The summed E-state index contributed by atoms with van der Waals surface area (Å²) in [6, 6.07) is 0. The summed E-state index contributed by atoms with van der Waals surface area (Å²) in [6.45, 7) is 12.0. The Hall–Kier alpha value is -0.660. The molecule has 0 saturated heterocycles. The van der Waals surface area contributed by atoms with Crippen LogP contribution in [0.15, 0.2) is 0 Å². The molecule has 0 amide bonds.